The largest absolute Gasteiger partial charge is 0.386 e. The summed E-state index contributed by atoms with van der Waals surface area (Å²) in [6.45, 7) is 12.6. The topological polar surface area (TPSA) is 51.5 Å². The number of aromatic nitrogens is 1. The zero-order valence-corrected chi connectivity index (χ0v) is 42.9. The lowest BCUT2D eigenvalue weighted by Gasteiger charge is -2.30. The fourth-order valence-electron chi connectivity index (χ4n) is 14.0. The molecule has 12 aromatic rings. The van der Waals surface area contributed by atoms with Crippen LogP contribution in [0.15, 0.2) is 176 Å². The van der Waals surface area contributed by atoms with Crippen LogP contribution < -0.4 is 4.90 Å². The smallest absolute Gasteiger partial charge is 0.346 e. The molecule has 0 fully saturated rings. The van der Waals surface area contributed by atoms with Crippen molar-refractivity contribution in [2.45, 2.75) is 77.7 Å². The number of cyclic esters (lactones) is 2. The van der Waals surface area contributed by atoms with Crippen LogP contribution in [-0.2, 0) is 22.1 Å². The lowest BCUT2D eigenvalue weighted by molar-refractivity contribution is 0.0391. The van der Waals surface area contributed by atoms with Gasteiger partial charge in [-0.3, -0.25) is 0 Å². The molecule has 2 heterocycles. The summed E-state index contributed by atoms with van der Waals surface area (Å²) >= 11 is 0. The van der Waals surface area contributed by atoms with Crippen LogP contribution >= 0.6 is 0 Å². The van der Waals surface area contributed by atoms with Crippen LogP contribution in [0.2, 0.25) is 0 Å². The maximum absolute atomic E-state index is 13.1. The van der Waals surface area contributed by atoms with Gasteiger partial charge in [-0.05, 0) is 160 Å². The van der Waals surface area contributed by atoms with Crippen molar-refractivity contribution in [3.63, 3.8) is 0 Å². The van der Waals surface area contributed by atoms with Gasteiger partial charge in [0.15, 0.2) is 0 Å². The first-order valence-corrected chi connectivity index (χ1v) is 26.8. The number of hydrogen-bond donors (Lipinski definition) is 0. The van der Waals surface area contributed by atoms with Crippen molar-refractivity contribution in [3.05, 3.63) is 209 Å². The van der Waals surface area contributed by atoms with Gasteiger partial charge in [0.1, 0.15) is 0 Å². The number of esters is 2. The molecule has 0 spiro atoms. The van der Waals surface area contributed by atoms with Crippen LogP contribution in [0.4, 0.5) is 17.1 Å². The quantitative estimate of drug-likeness (QED) is 0.0475. The molecular formula is C70H54N2O3. The number of rotatable bonds is 9. The summed E-state index contributed by atoms with van der Waals surface area (Å²) in [4.78, 5) is 28.7. The number of carbonyl (C=O) groups excluding carboxylic acids is 2. The summed E-state index contributed by atoms with van der Waals surface area (Å²) < 4.78 is 7.75. The lowest BCUT2D eigenvalue weighted by atomic mass is 9.82. The molecule has 1 aliphatic heterocycles. The average Bonchev–Trinajstić information content (AvgIpc) is 4.07. The van der Waals surface area contributed by atoms with E-state index in [9.17, 15) is 9.59 Å². The van der Waals surface area contributed by atoms with E-state index in [1.165, 1.54) is 95.5 Å². The molecule has 5 heteroatoms. The Morgan fingerprint density at radius 2 is 0.933 bits per heavy atom. The first-order valence-electron chi connectivity index (χ1n) is 26.8. The number of unbranched alkanes of at least 4 members (excludes halogenated alkanes) is 3. The maximum Gasteiger partial charge on any atom is 0.346 e. The Morgan fingerprint density at radius 1 is 0.400 bits per heavy atom. The standard InChI is InChI=1S/C70H54N2O3/c1-6-7-8-13-35-71-61-36-41(23-28-52(61)64-53-18-14-17-49-50-31-33-54-66-55(68(74)75-67(54)73)34-32-51(65(50)66)56(63(49)53)39-62(64)71)40-21-24-42(25-22-40)72(43-26-29-47-45-15-9-11-19-57(45)69(2,3)59(47)37-43)44-27-30-48-46-16-10-12-20-58(46)70(4,5)60(48)38-44/h9-12,14-34,36-39H,6-8,13,35H2,1-5H3. The summed E-state index contributed by atoms with van der Waals surface area (Å²) in [5.41, 5.74) is 19.5. The molecule has 0 saturated heterocycles. The van der Waals surface area contributed by atoms with Crippen molar-refractivity contribution in [2.75, 3.05) is 4.90 Å². The van der Waals surface area contributed by atoms with E-state index in [-0.39, 0.29) is 10.8 Å². The third-order valence-electron chi connectivity index (χ3n) is 17.7. The Hall–Kier alpha value is -8.54. The van der Waals surface area contributed by atoms with Crippen LogP contribution in [0.1, 0.15) is 103 Å². The molecular weight excluding hydrogens is 917 g/mol. The Kier molecular flexibility index (Phi) is 9.23. The summed E-state index contributed by atoms with van der Waals surface area (Å²) in [7, 11) is 0. The maximum atomic E-state index is 13.1. The van der Waals surface area contributed by atoms with Crippen LogP contribution in [0, 0.1) is 0 Å². The molecule has 2 aliphatic carbocycles. The van der Waals surface area contributed by atoms with Gasteiger partial charge in [0.2, 0.25) is 0 Å². The van der Waals surface area contributed by atoms with Gasteiger partial charge < -0.3 is 14.2 Å². The minimum absolute atomic E-state index is 0.138. The minimum atomic E-state index is -0.588. The monoisotopic (exact) mass is 970 g/mol. The molecule has 0 bridgehead atoms. The number of nitrogens with zero attached hydrogens (tertiary/aromatic N) is 2. The molecule has 11 aromatic carbocycles. The molecule has 75 heavy (non-hydrogen) atoms. The van der Waals surface area contributed by atoms with E-state index in [4.69, 9.17) is 4.74 Å². The van der Waals surface area contributed by atoms with E-state index in [2.05, 4.69) is 202 Å². The molecule has 1 aromatic heterocycles. The number of hydrogen-bond acceptors (Lipinski definition) is 4. The van der Waals surface area contributed by atoms with E-state index in [1.807, 2.05) is 18.2 Å². The van der Waals surface area contributed by atoms with Gasteiger partial charge in [0, 0.05) is 56.1 Å². The fourth-order valence-corrected chi connectivity index (χ4v) is 14.0. The van der Waals surface area contributed by atoms with Gasteiger partial charge in [-0.25, -0.2) is 9.59 Å². The van der Waals surface area contributed by atoms with Crippen molar-refractivity contribution in [1.82, 2.24) is 4.57 Å². The van der Waals surface area contributed by atoms with Gasteiger partial charge in [-0.15, -0.1) is 0 Å². The number of fused-ring (bicyclic) bond motifs is 12. The number of ether oxygens (including phenoxy) is 1. The van der Waals surface area contributed by atoms with Gasteiger partial charge in [-0.1, -0.05) is 169 Å². The normalized spacial score (nSPS) is 14.8. The van der Waals surface area contributed by atoms with Crippen molar-refractivity contribution < 1.29 is 14.3 Å². The Labute approximate surface area is 435 Å². The molecule has 15 rings (SSSR count). The predicted octanol–water partition coefficient (Wildman–Crippen LogP) is 18.5. The Morgan fingerprint density at radius 3 is 1.57 bits per heavy atom. The minimum Gasteiger partial charge on any atom is -0.386 e. The zero-order valence-electron chi connectivity index (χ0n) is 42.9. The number of anilines is 3. The summed E-state index contributed by atoms with van der Waals surface area (Å²) in [6.07, 6.45) is 4.60. The van der Waals surface area contributed by atoms with Crippen LogP contribution in [0.25, 0.3) is 98.3 Å². The van der Waals surface area contributed by atoms with Crippen molar-refractivity contribution in [2.24, 2.45) is 0 Å². The highest BCUT2D eigenvalue weighted by Gasteiger charge is 2.38. The van der Waals surface area contributed by atoms with E-state index in [0.717, 1.165) is 68.9 Å². The molecule has 0 N–H and O–H groups in total. The molecule has 0 atom stereocenters. The van der Waals surface area contributed by atoms with Crippen molar-refractivity contribution in [3.8, 4) is 33.4 Å². The summed E-state index contributed by atoms with van der Waals surface area (Å²) in [6, 6.07) is 65.0. The number of benzene rings is 11. The molecule has 5 nitrogen and oxygen atoms in total. The van der Waals surface area contributed by atoms with Crippen molar-refractivity contribution >= 4 is 93.9 Å². The summed E-state index contributed by atoms with van der Waals surface area (Å²) in [5, 5.41) is 10.9. The van der Waals surface area contributed by atoms with Gasteiger partial charge in [0.05, 0.1) is 16.6 Å². The van der Waals surface area contributed by atoms with E-state index >= 15 is 0 Å². The second kappa shape index (κ2) is 15.7. The Bertz CT molecular complexity index is 4350. The molecule has 0 unspecified atom stereocenters. The van der Waals surface area contributed by atoms with Crippen LogP contribution in [-0.4, -0.2) is 16.5 Å². The first-order chi connectivity index (χ1) is 36.5. The van der Waals surface area contributed by atoms with Gasteiger partial charge >= 0.3 is 11.9 Å². The third kappa shape index (κ3) is 6.07. The molecule has 0 radical (unpaired) electrons. The van der Waals surface area contributed by atoms with E-state index < -0.39 is 11.9 Å². The number of aryl methyl sites for hydroxylation is 1. The molecule has 0 saturated carbocycles. The fraction of sp³-hybridized carbons (Fsp3) is 0.171. The average molecular weight is 971 g/mol. The number of carbonyl (C=O) groups is 2. The highest BCUT2D eigenvalue weighted by Crippen LogP contribution is 2.54. The zero-order chi connectivity index (χ0) is 50.6. The second-order valence-electron chi connectivity index (χ2n) is 22.4. The third-order valence-corrected chi connectivity index (χ3v) is 17.7. The SMILES string of the molecule is CCCCCCn1c2cc(-c3ccc(N(c4ccc5c(c4)C(C)(C)c4ccccc4-5)c4ccc5c(c4)C(C)(C)c4ccccc4-5)cc3)ccc2c2c3cccc4c5ccc6c7c(ccc(c(cc21)c43)c75)C(=O)OC6=O. The molecule has 362 valence electrons. The molecule has 0 amide bonds. The lowest BCUT2D eigenvalue weighted by Crippen LogP contribution is -2.19. The summed E-state index contributed by atoms with van der Waals surface area (Å²) in [5.74, 6) is -1.18. The Balaban J connectivity index is 0.891. The van der Waals surface area contributed by atoms with Gasteiger partial charge in [-0.2, -0.15) is 0 Å². The van der Waals surface area contributed by atoms with Crippen LogP contribution in [0.5, 0.6) is 0 Å². The molecule has 3 aliphatic rings. The van der Waals surface area contributed by atoms with Crippen molar-refractivity contribution in [1.29, 1.82) is 0 Å². The van der Waals surface area contributed by atoms with E-state index in [0.29, 0.717) is 16.5 Å². The highest BCUT2D eigenvalue weighted by atomic mass is 16.6. The van der Waals surface area contributed by atoms with E-state index in [1.54, 1.807) is 0 Å². The first kappa shape index (κ1) is 44.0. The predicted molar refractivity (Wildman–Crippen MR) is 310 cm³/mol. The van der Waals surface area contributed by atoms with Gasteiger partial charge in [0.25, 0.3) is 0 Å². The van der Waals surface area contributed by atoms with Crippen LogP contribution in [0.3, 0.4) is 0 Å². The highest BCUT2D eigenvalue weighted by molar-refractivity contribution is 6.40. The second-order valence-corrected chi connectivity index (χ2v) is 22.4.